The zero-order valence-electron chi connectivity index (χ0n) is 12.2. The van der Waals surface area contributed by atoms with Crippen molar-refractivity contribution in [1.82, 2.24) is 0 Å². The Morgan fingerprint density at radius 2 is 1.57 bits per heavy atom. The molecule has 0 aliphatic heterocycles. The van der Waals surface area contributed by atoms with Gasteiger partial charge in [-0.15, -0.1) is 0 Å². The molecule has 2 aromatic carbocycles. The molecule has 0 radical (unpaired) electrons. The number of nitrogens with one attached hydrogen (secondary N) is 1. The molecule has 5 nitrogen and oxygen atoms in total. The van der Waals surface area contributed by atoms with Crippen molar-refractivity contribution in [2.45, 2.75) is 11.8 Å². The molecule has 0 saturated heterocycles. The van der Waals surface area contributed by atoms with Gasteiger partial charge in [-0.25, -0.2) is 12.8 Å². The van der Waals surface area contributed by atoms with Crippen LogP contribution in [-0.4, -0.2) is 25.9 Å². The zero-order chi connectivity index (χ0) is 17.0. The van der Waals surface area contributed by atoms with Crippen LogP contribution in [0.15, 0.2) is 53.4 Å². The Morgan fingerprint density at radius 1 is 1.00 bits per heavy atom. The quantitative estimate of drug-likeness (QED) is 0.672. The van der Waals surface area contributed by atoms with Crippen LogP contribution in [0.5, 0.6) is 0 Å². The number of amides is 1. The van der Waals surface area contributed by atoms with Crippen LogP contribution >= 0.6 is 0 Å². The lowest BCUT2D eigenvalue weighted by atomic mass is 10.1. The maximum atomic E-state index is 12.8. The standard InChI is InChI=1S/C16H14FNO4S/c1-11(19)12-2-6-14(7-3-12)18-16(20)10-23(21,22)15-8-4-13(17)5-9-15/h2-9H,10H2,1H3,(H,18,20). The van der Waals surface area contributed by atoms with E-state index in [-0.39, 0.29) is 10.7 Å². The normalized spacial score (nSPS) is 11.0. The number of halogens is 1. The van der Waals surface area contributed by atoms with Gasteiger partial charge >= 0.3 is 0 Å². The van der Waals surface area contributed by atoms with Crippen molar-refractivity contribution in [2.24, 2.45) is 0 Å². The van der Waals surface area contributed by atoms with Gasteiger partial charge in [-0.2, -0.15) is 0 Å². The Bertz CT molecular complexity index is 827. The summed E-state index contributed by atoms with van der Waals surface area (Å²) in [6.07, 6.45) is 0. The molecule has 23 heavy (non-hydrogen) atoms. The van der Waals surface area contributed by atoms with Gasteiger partial charge < -0.3 is 5.32 Å². The molecule has 2 aromatic rings. The second-order valence-corrected chi connectivity index (χ2v) is 6.88. The summed E-state index contributed by atoms with van der Waals surface area (Å²) in [6.45, 7) is 1.42. The summed E-state index contributed by atoms with van der Waals surface area (Å²) in [5.41, 5.74) is 0.872. The number of rotatable bonds is 5. The van der Waals surface area contributed by atoms with E-state index in [4.69, 9.17) is 0 Å². The van der Waals surface area contributed by atoms with Gasteiger partial charge in [0, 0.05) is 11.3 Å². The van der Waals surface area contributed by atoms with Crippen molar-refractivity contribution in [3.8, 4) is 0 Å². The minimum absolute atomic E-state index is 0.109. The fourth-order valence-electron chi connectivity index (χ4n) is 1.88. The second kappa shape index (κ2) is 6.70. The van der Waals surface area contributed by atoms with E-state index in [9.17, 15) is 22.4 Å². The lowest BCUT2D eigenvalue weighted by molar-refractivity contribution is -0.113. The molecule has 0 aromatic heterocycles. The Kier molecular flexibility index (Phi) is 4.90. The third-order valence-corrected chi connectivity index (χ3v) is 4.70. The molecular weight excluding hydrogens is 321 g/mol. The van der Waals surface area contributed by atoms with Crippen molar-refractivity contribution in [3.63, 3.8) is 0 Å². The molecule has 0 aliphatic rings. The van der Waals surface area contributed by atoms with Crippen molar-refractivity contribution in [1.29, 1.82) is 0 Å². The van der Waals surface area contributed by atoms with E-state index < -0.39 is 27.3 Å². The van der Waals surface area contributed by atoms with Crippen LogP contribution in [0.3, 0.4) is 0 Å². The first-order valence-electron chi connectivity index (χ1n) is 6.67. The van der Waals surface area contributed by atoms with Crippen LogP contribution in [0.2, 0.25) is 0 Å². The van der Waals surface area contributed by atoms with Gasteiger partial charge in [-0.05, 0) is 55.5 Å². The fourth-order valence-corrected chi connectivity index (χ4v) is 3.02. The molecule has 0 heterocycles. The predicted molar refractivity (Wildman–Crippen MR) is 83.5 cm³/mol. The first-order chi connectivity index (χ1) is 10.8. The molecule has 0 bridgehead atoms. The van der Waals surface area contributed by atoms with Gasteiger partial charge in [0.15, 0.2) is 15.6 Å². The minimum Gasteiger partial charge on any atom is -0.325 e. The summed E-state index contributed by atoms with van der Waals surface area (Å²) in [4.78, 5) is 22.9. The number of sulfone groups is 1. The predicted octanol–water partition coefficient (Wildman–Crippen LogP) is 2.44. The SMILES string of the molecule is CC(=O)c1ccc(NC(=O)CS(=O)(=O)c2ccc(F)cc2)cc1. The maximum absolute atomic E-state index is 12.8. The average Bonchev–Trinajstić information content (AvgIpc) is 2.47. The number of ketones is 1. The van der Waals surface area contributed by atoms with Crippen LogP contribution in [-0.2, 0) is 14.6 Å². The topological polar surface area (TPSA) is 80.3 Å². The van der Waals surface area contributed by atoms with Crippen LogP contribution in [0.1, 0.15) is 17.3 Å². The Balaban J connectivity index is 2.06. The van der Waals surface area contributed by atoms with Crippen molar-refractivity contribution >= 4 is 27.2 Å². The van der Waals surface area contributed by atoms with Crippen LogP contribution < -0.4 is 5.32 Å². The van der Waals surface area contributed by atoms with Gasteiger partial charge in [0.05, 0.1) is 4.90 Å². The van der Waals surface area contributed by atoms with Gasteiger partial charge in [0.25, 0.3) is 0 Å². The number of anilines is 1. The number of Topliss-reactive ketones (excluding diaryl/α,β-unsaturated/α-hetero) is 1. The van der Waals surface area contributed by atoms with E-state index >= 15 is 0 Å². The van der Waals surface area contributed by atoms with Crippen molar-refractivity contribution in [2.75, 3.05) is 11.1 Å². The van der Waals surface area contributed by atoms with Crippen molar-refractivity contribution in [3.05, 3.63) is 59.9 Å². The lowest BCUT2D eigenvalue weighted by Crippen LogP contribution is -2.23. The second-order valence-electron chi connectivity index (χ2n) is 4.89. The fraction of sp³-hybridized carbons (Fsp3) is 0.125. The van der Waals surface area contributed by atoms with Crippen LogP contribution in [0, 0.1) is 5.82 Å². The average molecular weight is 335 g/mol. The largest absolute Gasteiger partial charge is 0.325 e. The summed E-state index contributed by atoms with van der Waals surface area (Å²) < 4.78 is 36.9. The van der Waals surface area contributed by atoms with Gasteiger partial charge in [0.2, 0.25) is 5.91 Å². The zero-order valence-corrected chi connectivity index (χ0v) is 13.1. The molecule has 0 saturated carbocycles. The van der Waals surface area contributed by atoms with E-state index in [1.165, 1.54) is 31.2 Å². The number of benzene rings is 2. The van der Waals surface area contributed by atoms with Crippen LogP contribution in [0.25, 0.3) is 0 Å². The van der Waals surface area contributed by atoms with Gasteiger partial charge in [-0.3, -0.25) is 9.59 Å². The highest BCUT2D eigenvalue weighted by Gasteiger charge is 2.19. The number of hydrogen-bond acceptors (Lipinski definition) is 4. The molecular formula is C16H14FNO4S. The monoisotopic (exact) mass is 335 g/mol. The smallest absolute Gasteiger partial charge is 0.239 e. The van der Waals surface area contributed by atoms with Crippen LogP contribution in [0.4, 0.5) is 10.1 Å². The highest BCUT2D eigenvalue weighted by atomic mass is 32.2. The number of carbonyl (C=O) groups is 2. The summed E-state index contributed by atoms with van der Waals surface area (Å²) in [6, 6.07) is 10.4. The summed E-state index contributed by atoms with van der Waals surface area (Å²) in [7, 11) is -3.85. The first kappa shape index (κ1) is 16.8. The molecule has 0 fully saturated rings. The summed E-state index contributed by atoms with van der Waals surface area (Å²) in [5, 5.41) is 2.44. The highest BCUT2D eigenvalue weighted by molar-refractivity contribution is 7.92. The van der Waals surface area contributed by atoms with Crippen molar-refractivity contribution < 1.29 is 22.4 Å². The number of hydrogen-bond donors (Lipinski definition) is 1. The molecule has 1 N–H and O–H groups in total. The Labute approximate surface area is 133 Å². The summed E-state index contributed by atoms with van der Waals surface area (Å²) in [5.74, 6) is -2.14. The lowest BCUT2D eigenvalue weighted by Gasteiger charge is -2.07. The molecule has 7 heteroatoms. The molecule has 0 unspecified atom stereocenters. The van der Waals surface area contributed by atoms with E-state index in [0.717, 1.165) is 24.3 Å². The van der Waals surface area contributed by atoms with E-state index in [2.05, 4.69) is 5.32 Å². The Hall–Kier alpha value is -2.54. The highest BCUT2D eigenvalue weighted by Crippen LogP contribution is 2.14. The maximum Gasteiger partial charge on any atom is 0.239 e. The third-order valence-electron chi connectivity index (χ3n) is 3.07. The molecule has 0 aliphatic carbocycles. The molecule has 1 amide bonds. The number of carbonyl (C=O) groups excluding carboxylic acids is 2. The van der Waals surface area contributed by atoms with E-state index in [1.54, 1.807) is 0 Å². The van der Waals surface area contributed by atoms with E-state index in [1.807, 2.05) is 0 Å². The molecule has 2 rings (SSSR count). The third kappa shape index (κ3) is 4.46. The first-order valence-corrected chi connectivity index (χ1v) is 8.32. The Morgan fingerprint density at radius 3 is 2.09 bits per heavy atom. The molecule has 0 spiro atoms. The van der Waals surface area contributed by atoms with E-state index in [0.29, 0.717) is 11.3 Å². The van der Waals surface area contributed by atoms with Gasteiger partial charge in [-0.1, -0.05) is 0 Å². The summed E-state index contributed by atoms with van der Waals surface area (Å²) >= 11 is 0. The minimum atomic E-state index is -3.85. The van der Waals surface area contributed by atoms with Gasteiger partial charge in [0.1, 0.15) is 11.6 Å². The molecule has 120 valence electrons. The molecule has 0 atom stereocenters.